The molecule has 0 aliphatic carbocycles. The molecule has 0 atom stereocenters. The van der Waals surface area contributed by atoms with Gasteiger partial charge in [0.05, 0.1) is 6.61 Å². The maximum absolute atomic E-state index is 11.7. The van der Waals surface area contributed by atoms with Gasteiger partial charge in [-0.25, -0.2) is 0 Å². The molecular formula is C20H35N3O2. The Kier molecular flexibility index (Phi) is 13.6. The number of nitrogens with zero attached hydrogens (tertiary/aromatic N) is 1. The van der Waals surface area contributed by atoms with Crippen molar-refractivity contribution in [3.63, 3.8) is 0 Å². The van der Waals surface area contributed by atoms with Crippen molar-refractivity contribution in [1.82, 2.24) is 10.2 Å². The zero-order valence-corrected chi connectivity index (χ0v) is 16.7. The Hall–Kier alpha value is -1.69. The quantitative estimate of drug-likeness (QED) is 0.532. The van der Waals surface area contributed by atoms with E-state index in [4.69, 9.17) is 4.74 Å². The first kappa shape index (κ1) is 23.3. The van der Waals surface area contributed by atoms with Gasteiger partial charge in [0, 0.05) is 12.2 Å². The van der Waals surface area contributed by atoms with E-state index in [-0.39, 0.29) is 12.5 Å². The van der Waals surface area contributed by atoms with E-state index in [2.05, 4.69) is 30.6 Å². The Balaban J connectivity index is 0.00000101. The Morgan fingerprint density at radius 2 is 1.80 bits per heavy atom. The molecule has 0 radical (unpaired) electrons. The highest BCUT2D eigenvalue weighted by molar-refractivity contribution is 5.91. The monoisotopic (exact) mass is 349 g/mol. The van der Waals surface area contributed by atoms with Gasteiger partial charge in [-0.3, -0.25) is 4.79 Å². The summed E-state index contributed by atoms with van der Waals surface area (Å²) >= 11 is 0. The zero-order valence-electron chi connectivity index (χ0n) is 16.7. The summed E-state index contributed by atoms with van der Waals surface area (Å²) < 4.78 is 5.29. The van der Waals surface area contributed by atoms with E-state index in [9.17, 15) is 4.79 Å². The Bertz CT molecular complexity index is 492. The highest BCUT2D eigenvalue weighted by Crippen LogP contribution is 2.09. The number of allylic oxidation sites excluding steroid dienone is 2. The molecule has 1 aromatic rings. The molecule has 0 bridgehead atoms. The van der Waals surface area contributed by atoms with Gasteiger partial charge in [0.2, 0.25) is 5.91 Å². The van der Waals surface area contributed by atoms with Gasteiger partial charge >= 0.3 is 0 Å². The minimum absolute atomic E-state index is 0.0926. The van der Waals surface area contributed by atoms with Crippen LogP contribution in [0.2, 0.25) is 0 Å². The second kappa shape index (κ2) is 14.6. The summed E-state index contributed by atoms with van der Waals surface area (Å²) in [5.74, 6) is -0.119. The highest BCUT2D eigenvalue weighted by atomic mass is 16.5. The Morgan fingerprint density at radius 3 is 2.28 bits per heavy atom. The fourth-order valence-electron chi connectivity index (χ4n) is 1.63. The molecule has 5 heteroatoms. The number of benzene rings is 1. The molecule has 1 amide bonds. The van der Waals surface area contributed by atoms with E-state index >= 15 is 0 Å². The van der Waals surface area contributed by atoms with Crippen LogP contribution < -0.4 is 10.6 Å². The Labute approximate surface area is 153 Å². The second-order valence-electron chi connectivity index (χ2n) is 6.32. The van der Waals surface area contributed by atoms with E-state index in [1.54, 1.807) is 0 Å². The van der Waals surface area contributed by atoms with Crippen molar-refractivity contribution in [2.75, 3.05) is 52.8 Å². The van der Waals surface area contributed by atoms with Gasteiger partial charge in [-0.05, 0) is 72.6 Å². The van der Waals surface area contributed by atoms with Crippen LogP contribution in [0.5, 0.6) is 0 Å². The molecule has 0 heterocycles. The minimum Gasteiger partial charge on any atom is -0.370 e. The van der Waals surface area contributed by atoms with Crippen LogP contribution in [-0.2, 0) is 16.0 Å². The van der Waals surface area contributed by atoms with Crippen LogP contribution in [0, 0.1) is 0 Å². The van der Waals surface area contributed by atoms with Crippen LogP contribution in [-0.4, -0.2) is 58.3 Å². The molecule has 1 aromatic carbocycles. The van der Waals surface area contributed by atoms with Crippen LogP contribution in [0.15, 0.2) is 35.9 Å². The molecule has 25 heavy (non-hydrogen) atoms. The third-order valence-corrected chi connectivity index (χ3v) is 3.39. The SMILES string of the molecule is CC=C(C)C.CNCCc1ccc(NC(=O)COCCN(C)C)cc1. The average Bonchev–Trinajstić information content (AvgIpc) is 2.58. The fourth-order valence-corrected chi connectivity index (χ4v) is 1.63. The molecule has 142 valence electrons. The van der Waals surface area contributed by atoms with E-state index in [1.807, 2.05) is 57.2 Å². The molecule has 0 spiro atoms. The van der Waals surface area contributed by atoms with Crippen molar-refractivity contribution in [3.05, 3.63) is 41.5 Å². The van der Waals surface area contributed by atoms with Crippen LogP contribution in [0.1, 0.15) is 26.3 Å². The first-order chi connectivity index (χ1) is 11.9. The summed E-state index contributed by atoms with van der Waals surface area (Å²) in [6, 6.07) is 7.89. The molecule has 0 aromatic heterocycles. The number of nitrogens with one attached hydrogen (secondary N) is 2. The van der Waals surface area contributed by atoms with Crippen molar-refractivity contribution in [1.29, 1.82) is 0 Å². The first-order valence-electron chi connectivity index (χ1n) is 8.74. The van der Waals surface area contributed by atoms with Crippen LogP contribution >= 0.6 is 0 Å². The van der Waals surface area contributed by atoms with Gasteiger partial charge < -0.3 is 20.3 Å². The Morgan fingerprint density at radius 1 is 1.20 bits per heavy atom. The summed E-state index contributed by atoms with van der Waals surface area (Å²) in [4.78, 5) is 13.7. The molecule has 0 aliphatic heterocycles. The summed E-state index contributed by atoms with van der Waals surface area (Å²) in [5.41, 5.74) is 3.43. The van der Waals surface area contributed by atoms with Crippen molar-refractivity contribution in [3.8, 4) is 0 Å². The maximum atomic E-state index is 11.7. The van der Waals surface area contributed by atoms with Gasteiger partial charge in [-0.1, -0.05) is 23.8 Å². The van der Waals surface area contributed by atoms with Gasteiger partial charge in [0.15, 0.2) is 0 Å². The van der Waals surface area contributed by atoms with Crippen LogP contribution in [0.4, 0.5) is 5.69 Å². The normalized spacial score (nSPS) is 10.0. The summed E-state index contributed by atoms with van der Waals surface area (Å²) in [6.45, 7) is 8.62. The predicted molar refractivity (Wildman–Crippen MR) is 107 cm³/mol. The lowest BCUT2D eigenvalue weighted by molar-refractivity contribution is -0.120. The molecule has 1 rings (SSSR count). The topological polar surface area (TPSA) is 53.6 Å². The van der Waals surface area contributed by atoms with E-state index in [0.717, 1.165) is 25.2 Å². The molecule has 0 saturated carbocycles. The van der Waals surface area contributed by atoms with Gasteiger partial charge in [0.25, 0.3) is 0 Å². The van der Waals surface area contributed by atoms with Gasteiger partial charge in [0.1, 0.15) is 6.61 Å². The first-order valence-corrected chi connectivity index (χ1v) is 8.74. The summed E-state index contributed by atoms with van der Waals surface area (Å²) in [7, 11) is 5.88. The molecule has 0 saturated heterocycles. The molecule has 2 N–H and O–H groups in total. The maximum Gasteiger partial charge on any atom is 0.250 e. The lowest BCUT2D eigenvalue weighted by atomic mass is 10.1. The van der Waals surface area contributed by atoms with Crippen LogP contribution in [0.25, 0.3) is 0 Å². The number of hydrogen-bond donors (Lipinski definition) is 2. The lowest BCUT2D eigenvalue weighted by Gasteiger charge is -2.10. The molecular weight excluding hydrogens is 314 g/mol. The number of carbonyl (C=O) groups is 1. The number of hydrogen-bond acceptors (Lipinski definition) is 4. The number of amides is 1. The van der Waals surface area contributed by atoms with Crippen molar-refractivity contribution >= 4 is 11.6 Å². The number of carbonyl (C=O) groups excluding carboxylic acids is 1. The third kappa shape index (κ3) is 14.4. The number of ether oxygens (including phenoxy) is 1. The van der Waals surface area contributed by atoms with Gasteiger partial charge in [-0.2, -0.15) is 0 Å². The molecule has 0 unspecified atom stereocenters. The average molecular weight is 350 g/mol. The fraction of sp³-hybridized carbons (Fsp3) is 0.550. The molecule has 5 nitrogen and oxygen atoms in total. The standard InChI is InChI=1S/C15H25N3O2.C5H10/c1-16-9-8-13-4-6-14(7-5-13)17-15(19)12-20-11-10-18(2)3;1-4-5(2)3/h4-7,16H,8-12H2,1-3H3,(H,17,19);4H,1-3H3. The van der Waals surface area contributed by atoms with Gasteiger partial charge in [-0.15, -0.1) is 0 Å². The van der Waals surface area contributed by atoms with Crippen LogP contribution in [0.3, 0.4) is 0 Å². The van der Waals surface area contributed by atoms with E-state index in [1.165, 1.54) is 11.1 Å². The third-order valence-electron chi connectivity index (χ3n) is 3.39. The highest BCUT2D eigenvalue weighted by Gasteiger charge is 2.03. The van der Waals surface area contributed by atoms with Crippen molar-refractivity contribution in [2.45, 2.75) is 27.2 Å². The number of rotatable bonds is 9. The summed E-state index contributed by atoms with van der Waals surface area (Å²) in [5, 5.41) is 5.93. The smallest absolute Gasteiger partial charge is 0.250 e. The van der Waals surface area contributed by atoms with E-state index < -0.39 is 0 Å². The lowest BCUT2D eigenvalue weighted by Crippen LogP contribution is -2.23. The van der Waals surface area contributed by atoms with E-state index in [0.29, 0.717) is 6.61 Å². The second-order valence-corrected chi connectivity index (χ2v) is 6.32. The number of anilines is 1. The largest absolute Gasteiger partial charge is 0.370 e. The number of likely N-dealkylation sites (N-methyl/N-ethyl adjacent to an activating group) is 2. The zero-order chi connectivity index (χ0) is 19.1. The van der Waals surface area contributed by atoms with Crippen molar-refractivity contribution in [2.24, 2.45) is 0 Å². The summed E-state index contributed by atoms with van der Waals surface area (Å²) in [6.07, 6.45) is 3.07. The molecule has 0 fully saturated rings. The predicted octanol–water partition coefficient (Wildman–Crippen LogP) is 2.94. The molecule has 0 aliphatic rings. The minimum atomic E-state index is -0.119. The van der Waals surface area contributed by atoms with Crippen molar-refractivity contribution < 1.29 is 9.53 Å².